The van der Waals surface area contributed by atoms with Crippen molar-refractivity contribution in [3.8, 4) is 0 Å². The van der Waals surface area contributed by atoms with Crippen LogP contribution in [0.2, 0.25) is 0 Å². The third kappa shape index (κ3) is 3.25. The fourth-order valence-electron chi connectivity index (χ4n) is 3.86. The largest absolute Gasteiger partial charge is 0.361 e. The van der Waals surface area contributed by atoms with Crippen molar-refractivity contribution in [1.29, 1.82) is 0 Å². The summed E-state index contributed by atoms with van der Waals surface area (Å²) in [6.45, 7) is -0.113. The third-order valence-corrected chi connectivity index (χ3v) is 6.47. The average Bonchev–Trinajstić information content (AvgIpc) is 3.32. The number of para-hydroxylation sites is 1. The lowest BCUT2D eigenvalue weighted by atomic mass is 9.97. The van der Waals surface area contributed by atoms with Crippen molar-refractivity contribution in [3.63, 3.8) is 0 Å². The average molecular weight is 405 g/mol. The van der Waals surface area contributed by atoms with Crippen LogP contribution in [0.25, 0.3) is 21.1 Å². The van der Waals surface area contributed by atoms with Crippen LogP contribution in [0.1, 0.15) is 28.8 Å². The topological polar surface area (TPSA) is 92.1 Å². The van der Waals surface area contributed by atoms with Gasteiger partial charge in [0.15, 0.2) is 0 Å². The minimum Gasteiger partial charge on any atom is -0.361 e. The van der Waals surface area contributed by atoms with E-state index in [1.54, 1.807) is 17.6 Å². The second-order valence-corrected chi connectivity index (χ2v) is 8.24. The van der Waals surface area contributed by atoms with Crippen molar-refractivity contribution in [2.24, 2.45) is 5.10 Å². The third-order valence-electron chi connectivity index (χ3n) is 5.27. The lowest BCUT2D eigenvalue weighted by Crippen LogP contribution is -2.30. The monoisotopic (exact) mass is 405 g/mol. The van der Waals surface area contributed by atoms with Crippen LogP contribution in [-0.4, -0.2) is 26.7 Å². The van der Waals surface area contributed by atoms with Gasteiger partial charge in [-0.2, -0.15) is 5.10 Å². The van der Waals surface area contributed by atoms with Gasteiger partial charge in [0.05, 0.1) is 17.9 Å². The summed E-state index contributed by atoms with van der Waals surface area (Å²) in [5, 5.41) is 5.74. The fourth-order valence-corrected chi connectivity index (χ4v) is 5.08. The Morgan fingerprint density at radius 2 is 2.17 bits per heavy atom. The van der Waals surface area contributed by atoms with Crippen LogP contribution < -0.4 is 11.0 Å². The molecule has 1 aromatic carbocycles. The van der Waals surface area contributed by atoms with Crippen LogP contribution in [0, 0.1) is 0 Å². The molecule has 7 nitrogen and oxygen atoms in total. The normalized spacial score (nSPS) is 13.9. The SMILES string of the molecule is O=C(Cn1cnc2sc3c(c2c1=O)CCCC3)N/N=C/c1c[nH]c2ccccc12. The molecule has 8 heteroatoms. The summed E-state index contributed by atoms with van der Waals surface area (Å²) >= 11 is 1.60. The molecule has 29 heavy (non-hydrogen) atoms. The van der Waals surface area contributed by atoms with E-state index in [0.717, 1.165) is 52.5 Å². The van der Waals surface area contributed by atoms with Gasteiger partial charge in [-0.05, 0) is 37.3 Å². The molecule has 0 spiro atoms. The summed E-state index contributed by atoms with van der Waals surface area (Å²) in [4.78, 5) is 34.8. The number of benzene rings is 1. The molecule has 0 fully saturated rings. The van der Waals surface area contributed by atoms with Crippen molar-refractivity contribution in [2.75, 3.05) is 0 Å². The van der Waals surface area contributed by atoms with Crippen molar-refractivity contribution < 1.29 is 4.79 Å². The molecule has 0 atom stereocenters. The number of H-pyrrole nitrogens is 1. The van der Waals surface area contributed by atoms with Crippen molar-refractivity contribution in [2.45, 2.75) is 32.2 Å². The van der Waals surface area contributed by atoms with Gasteiger partial charge < -0.3 is 4.98 Å². The number of hydrogen-bond acceptors (Lipinski definition) is 5. The van der Waals surface area contributed by atoms with Crippen LogP contribution >= 0.6 is 11.3 Å². The number of rotatable bonds is 4. The zero-order chi connectivity index (χ0) is 19.8. The number of carbonyl (C=O) groups is 1. The van der Waals surface area contributed by atoms with Crippen molar-refractivity contribution in [3.05, 3.63) is 63.1 Å². The lowest BCUT2D eigenvalue weighted by molar-refractivity contribution is -0.121. The maximum atomic E-state index is 12.9. The number of aromatic amines is 1. The van der Waals surface area contributed by atoms with Gasteiger partial charge in [0, 0.05) is 27.5 Å². The highest BCUT2D eigenvalue weighted by Crippen LogP contribution is 2.33. The number of nitrogens with one attached hydrogen (secondary N) is 2. The van der Waals surface area contributed by atoms with E-state index < -0.39 is 0 Å². The van der Waals surface area contributed by atoms with Crippen molar-refractivity contribution in [1.82, 2.24) is 20.0 Å². The Balaban J connectivity index is 1.33. The van der Waals surface area contributed by atoms with Gasteiger partial charge in [0.2, 0.25) is 0 Å². The van der Waals surface area contributed by atoms with Crippen LogP contribution in [0.3, 0.4) is 0 Å². The smallest absolute Gasteiger partial charge is 0.262 e. The van der Waals surface area contributed by atoms with Gasteiger partial charge in [-0.3, -0.25) is 14.2 Å². The Labute approximate surface area is 170 Å². The fraction of sp³-hybridized carbons (Fsp3) is 0.238. The number of amides is 1. The molecular weight excluding hydrogens is 386 g/mol. The highest BCUT2D eigenvalue weighted by Gasteiger charge is 2.20. The maximum absolute atomic E-state index is 12.9. The molecule has 0 radical (unpaired) electrons. The van der Waals surface area contributed by atoms with E-state index in [4.69, 9.17) is 0 Å². The molecule has 146 valence electrons. The van der Waals surface area contributed by atoms with Gasteiger partial charge in [0.1, 0.15) is 11.4 Å². The first kappa shape index (κ1) is 17.8. The quantitative estimate of drug-likeness (QED) is 0.404. The Morgan fingerprint density at radius 1 is 1.31 bits per heavy atom. The van der Waals surface area contributed by atoms with E-state index in [-0.39, 0.29) is 18.0 Å². The van der Waals surface area contributed by atoms with Gasteiger partial charge >= 0.3 is 0 Å². The van der Waals surface area contributed by atoms with Gasteiger partial charge in [-0.25, -0.2) is 10.4 Å². The summed E-state index contributed by atoms with van der Waals surface area (Å²) < 4.78 is 1.36. The number of thiophene rings is 1. The second-order valence-electron chi connectivity index (χ2n) is 7.15. The number of aromatic nitrogens is 3. The second kappa shape index (κ2) is 7.29. The van der Waals surface area contributed by atoms with E-state index in [1.807, 2.05) is 30.5 Å². The summed E-state index contributed by atoms with van der Waals surface area (Å²) in [5.74, 6) is -0.367. The van der Waals surface area contributed by atoms with E-state index in [9.17, 15) is 9.59 Å². The Morgan fingerprint density at radius 3 is 3.10 bits per heavy atom. The molecule has 5 rings (SSSR count). The maximum Gasteiger partial charge on any atom is 0.262 e. The first-order valence-corrected chi connectivity index (χ1v) is 10.4. The van der Waals surface area contributed by atoms with E-state index in [1.165, 1.54) is 15.8 Å². The number of hydrazone groups is 1. The van der Waals surface area contributed by atoms with Gasteiger partial charge in [0.25, 0.3) is 11.5 Å². The van der Waals surface area contributed by atoms with E-state index >= 15 is 0 Å². The molecule has 4 aromatic rings. The Hall–Kier alpha value is -3.26. The van der Waals surface area contributed by atoms with Crippen molar-refractivity contribution >= 4 is 44.6 Å². The number of hydrogen-bond donors (Lipinski definition) is 2. The first-order valence-electron chi connectivity index (χ1n) is 9.58. The molecule has 0 saturated heterocycles. The molecule has 0 unspecified atom stereocenters. The molecule has 1 aliphatic rings. The molecule has 3 heterocycles. The van der Waals surface area contributed by atoms with E-state index in [0.29, 0.717) is 5.39 Å². The van der Waals surface area contributed by atoms with Gasteiger partial charge in [-0.15, -0.1) is 11.3 Å². The summed E-state index contributed by atoms with van der Waals surface area (Å²) in [5.41, 5.74) is 5.36. The number of fused-ring (bicyclic) bond motifs is 4. The Kier molecular flexibility index (Phi) is 4.48. The molecule has 3 aromatic heterocycles. The predicted molar refractivity (Wildman–Crippen MR) is 115 cm³/mol. The molecule has 1 aliphatic carbocycles. The van der Waals surface area contributed by atoms with Crippen LogP contribution in [0.5, 0.6) is 0 Å². The molecule has 0 bridgehead atoms. The zero-order valence-corrected chi connectivity index (χ0v) is 16.5. The van der Waals surface area contributed by atoms with E-state index in [2.05, 4.69) is 20.5 Å². The highest BCUT2D eigenvalue weighted by molar-refractivity contribution is 7.18. The number of aryl methyl sites for hydroxylation is 2. The Bertz CT molecular complexity index is 1310. The standard InChI is InChI=1S/C21H19N5O2S/c27-18(25-24-10-13-9-22-16-7-3-1-5-14(13)16)11-26-12-23-20-19(21(26)28)15-6-2-4-8-17(15)29-20/h1,3,5,7,9-10,12,22H,2,4,6,8,11H2,(H,25,27)/b24-10+. The minimum absolute atomic E-state index is 0.113. The molecule has 2 N–H and O–H groups in total. The first-order chi connectivity index (χ1) is 14.2. The molecule has 0 aliphatic heterocycles. The van der Waals surface area contributed by atoms with Crippen LogP contribution in [-0.2, 0) is 24.2 Å². The summed E-state index contributed by atoms with van der Waals surface area (Å²) in [6.07, 6.45) is 9.06. The molecule has 0 saturated carbocycles. The zero-order valence-electron chi connectivity index (χ0n) is 15.6. The molecule has 1 amide bonds. The summed E-state index contributed by atoms with van der Waals surface area (Å²) in [7, 11) is 0. The molecular formula is C21H19N5O2S. The predicted octanol–water partition coefficient (Wildman–Crippen LogP) is 2.97. The minimum atomic E-state index is -0.367. The summed E-state index contributed by atoms with van der Waals surface area (Å²) in [6, 6.07) is 7.86. The van der Waals surface area contributed by atoms with Crippen LogP contribution in [0.15, 0.2) is 46.7 Å². The number of nitrogens with zero attached hydrogens (tertiary/aromatic N) is 3. The lowest BCUT2D eigenvalue weighted by Gasteiger charge is -2.10. The van der Waals surface area contributed by atoms with Crippen LogP contribution in [0.4, 0.5) is 0 Å². The van der Waals surface area contributed by atoms with Gasteiger partial charge in [-0.1, -0.05) is 18.2 Å². The number of carbonyl (C=O) groups excluding carboxylic acids is 1. The highest BCUT2D eigenvalue weighted by atomic mass is 32.1.